The molecule has 2 atom stereocenters. The monoisotopic (exact) mass is 327 g/mol. The van der Waals surface area contributed by atoms with Crippen LogP contribution in [0.4, 0.5) is 0 Å². The van der Waals surface area contributed by atoms with Crippen LogP contribution < -0.4 is 5.32 Å². The van der Waals surface area contributed by atoms with Gasteiger partial charge in [-0.1, -0.05) is 48.5 Å². The van der Waals surface area contributed by atoms with E-state index in [9.17, 15) is 14.7 Å². The summed E-state index contributed by atoms with van der Waals surface area (Å²) >= 11 is 0. The number of amides is 1. The molecule has 0 saturated heterocycles. The van der Waals surface area contributed by atoms with Gasteiger partial charge in [0.05, 0.1) is 13.2 Å². The lowest BCUT2D eigenvalue weighted by atomic mass is 10.0. The van der Waals surface area contributed by atoms with Crippen LogP contribution >= 0.6 is 0 Å². The van der Waals surface area contributed by atoms with Crippen molar-refractivity contribution in [3.05, 3.63) is 71.8 Å². The first-order valence-electron chi connectivity index (χ1n) is 7.77. The fourth-order valence-corrected chi connectivity index (χ4v) is 2.38. The molecular weight excluding hydrogens is 306 g/mol. The fraction of sp³-hybridized carbons (Fsp3) is 0.263. The Kier molecular flexibility index (Phi) is 6.51. The molecule has 0 unspecified atom stereocenters. The van der Waals surface area contributed by atoms with Gasteiger partial charge in [0, 0.05) is 5.56 Å². The molecule has 24 heavy (non-hydrogen) atoms. The molecule has 0 aliphatic rings. The zero-order valence-corrected chi connectivity index (χ0v) is 13.5. The van der Waals surface area contributed by atoms with Gasteiger partial charge in [-0.3, -0.25) is 4.79 Å². The number of hydrogen-bond donors (Lipinski definition) is 2. The Labute approximate surface area is 141 Å². The lowest BCUT2D eigenvalue weighted by Gasteiger charge is -2.22. The fourth-order valence-electron chi connectivity index (χ4n) is 2.38. The zero-order valence-electron chi connectivity index (χ0n) is 13.5. The summed E-state index contributed by atoms with van der Waals surface area (Å²) in [5.41, 5.74) is 1.47. The number of esters is 1. The number of rotatable bonds is 7. The summed E-state index contributed by atoms with van der Waals surface area (Å²) in [6.07, 6.45) is -0.111. The maximum absolute atomic E-state index is 12.2. The molecule has 2 N–H and O–H groups in total. The summed E-state index contributed by atoms with van der Waals surface area (Å²) in [5, 5.41) is 12.9. The summed E-state index contributed by atoms with van der Waals surface area (Å²) < 4.78 is 4.71. The highest BCUT2D eigenvalue weighted by Gasteiger charge is 2.29. The smallest absolute Gasteiger partial charge is 0.331 e. The van der Waals surface area contributed by atoms with E-state index in [4.69, 9.17) is 4.74 Å². The molecule has 0 aromatic heterocycles. The van der Waals surface area contributed by atoms with E-state index >= 15 is 0 Å². The number of benzene rings is 2. The Morgan fingerprint density at radius 1 is 1.04 bits per heavy atom. The maximum Gasteiger partial charge on any atom is 0.331 e. The normalized spacial score (nSPS) is 12.9. The standard InChI is InChI=1S/C19H21NO4/c1-24-19(23)17(20-18(22)15-10-6-3-7-11-15)16(21)13-12-14-8-4-2-5-9-14/h2-11,16-17,21H,12-13H2,1H3,(H,20,22)/t16-,17+/m0/s1. The van der Waals surface area contributed by atoms with Crippen LogP contribution in [0.15, 0.2) is 60.7 Å². The number of ether oxygens (including phenoxy) is 1. The molecule has 1 amide bonds. The van der Waals surface area contributed by atoms with Gasteiger partial charge in [0.25, 0.3) is 5.91 Å². The van der Waals surface area contributed by atoms with E-state index in [1.807, 2.05) is 30.3 Å². The van der Waals surface area contributed by atoms with E-state index < -0.39 is 24.0 Å². The van der Waals surface area contributed by atoms with Crippen molar-refractivity contribution < 1.29 is 19.4 Å². The van der Waals surface area contributed by atoms with Crippen LogP contribution in [0, 0.1) is 0 Å². The van der Waals surface area contributed by atoms with Gasteiger partial charge >= 0.3 is 5.97 Å². The van der Waals surface area contributed by atoms with E-state index in [0.717, 1.165) is 5.56 Å². The topological polar surface area (TPSA) is 75.6 Å². The van der Waals surface area contributed by atoms with Crippen molar-refractivity contribution in [1.29, 1.82) is 0 Å². The van der Waals surface area contributed by atoms with E-state index in [2.05, 4.69) is 5.32 Å². The van der Waals surface area contributed by atoms with Gasteiger partial charge in [0.15, 0.2) is 6.04 Å². The summed E-state index contributed by atoms with van der Waals surface area (Å²) in [6.45, 7) is 0. The molecule has 0 saturated carbocycles. The first-order chi connectivity index (χ1) is 11.6. The van der Waals surface area contributed by atoms with Crippen molar-refractivity contribution in [3.8, 4) is 0 Å². The highest BCUT2D eigenvalue weighted by molar-refractivity contribution is 5.96. The highest BCUT2D eigenvalue weighted by atomic mass is 16.5. The molecule has 0 bridgehead atoms. The number of carbonyl (C=O) groups is 2. The predicted molar refractivity (Wildman–Crippen MR) is 90.5 cm³/mol. The minimum atomic E-state index is -1.11. The number of aliphatic hydroxyl groups excluding tert-OH is 1. The molecule has 0 spiro atoms. The molecule has 2 rings (SSSR count). The maximum atomic E-state index is 12.2. The van der Waals surface area contributed by atoms with Gasteiger partial charge in [-0.25, -0.2) is 4.79 Å². The lowest BCUT2D eigenvalue weighted by Crippen LogP contribution is -2.49. The molecule has 126 valence electrons. The third-order valence-corrected chi connectivity index (χ3v) is 3.73. The minimum absolute atomic E-state index is 0.332. The predicted octanol–water partition coefficient (Wildman–Crippen LogP) is 1.95. The Morgan fingerprint density at radius 3 is 2.21 bits per heavy atom. The molecule has 5 nitrogen and oxygen atoms in total. The van der Waals surface area contributed by atoms with Crippen LogP contribution in [0.1, 0.15) is 22.3 Å². The second-order valence-corrected chi connectivity index (χ2v) is 5.43. The summed E-state index contributed by atoms with van der Waals surface area (Å²) in [4.78, 5) is 24.2. The van der Waals surface area contributed by atoms with Crippen LogP contribution in [-0.2, 0) is 16.0 Å². The first-order valence-corrected chi connectivity index (χ1v) is 7.77. The molecule has 2 aromatic carbocycles. The van der Waals surface area contributed by atoms with E-state index in [-0.39, 0.29) is 0 Å². The second-order valence-electron chi connectivity index (χ2n) is 5.43. The van der Waals surface area contributed by atoms with Crippen molar-refractivity contribution >= 4 is 11.9 Å². The summed E-state index contributed by atoms with van der Waals surface area (Å²) in [7, 11) is 1.23. The van der Waals surface area contributed by atoms with Gasteiger partial charge in [0.2, 0.25) is 0 Å². The van der Waals surface area contributed by atoms with Gasteiger partial charge < -0.3 is 15.2 Å². The Balaban J connectivity index is 2.01. The number of hydrogen-bond acceptors (Lipinski definition) is 4. The summed E-state index contributed by atoms with van der Waals surface area (Å²) in [6, 6.07) is 17.1. The average Bonchev–Trinajstić information content (AvgIpc) is 2.65. The minimum Gasteiger partial charge on any atom is -0.467 e. The Morgan fingerprint density at radius 2 is 1.62 bits per heavy atom. The third kappa shape index (κ3) is 4.93. The highest BCUT2D eigenvalue weighted by Crippen LogP contribution is 2.10. The van der Waals surface area contributed by atoms with Crippen LogP contribution in [0.3, 0.4) is 0 Å². The van der Waals surface area contributed by atoms with Crippen molar-refractivity contribution in [1.82, 2.24) is 5.32 Å². The lowest BCUT2D eigenvalue weighted by molar-refractivity contribution is -0.146. The van der Waals surface area contributed by atoms with E-state index in [1.54, 1.807) is 30.3 Å². The number of nitrogens with one attached hydrogen (secondary N) is 1. The van der Waals surface area contributed by atoms with Crippen LogP contribution in [0.5, 0.6) is 0 Å². The number of aryl methyl sites for hydroxylation is 1. The Bertz CT molecular complexity index is 658. The molecule has 2 aromatic rings. The SMILES string of the molecule is COC(=O)[C@H](NC(=O)c1ccccc1)[C@@H](O)CCc1ccccc1. The van der Waals surface area contributed by atoms with Crippen molar-refractivity contribution in [2.24, 2.45) is 0 Å². The molecule has 0 aliphatic heterocycles. The number of methoxy groups -OCH3 is 1. The van der Waals surface area contributed by atoms with Crippen LogP contribution in [-0.4, -0.2) is 36.2 Å². The van der Waals surface area contributed by atoms with Gasteiger partial charge in [-0.2, -0.15) is 0 Å². The van der Waals surface area contributed by atoms with Crippen LogP contribution in [0.2, 0.25) is 0 Å². The molecular formula is C19H21NO4. The molecule has 0 fully saturated rings. The van der Waals surface area contributed by atoms with E-state index in [1.165, 1.54) is 7.11 Å². The van der Waals surface area contributed by atoms with Gasteiger partial charge in [-0.15, -0.1) is 0 Å². The third-order valence-electron chi connectivity index (χ3n) is 3.73. The summed E-state index contributed by atoms with van der Waals surface area (Å²) in [5.74, 6) is -1.09. The van der Waals surface area contributed by atoms with Crippen molar-refractivity contribution in [3.63, 3.8) is 0 Å². The first kappa shape index (κ1) is 17.7. The van der Waals surface area contributed by atoms with Crippen molar-refractivity contribution in [2.45, 2.75) is 25.0 Å². The number of aliphatic hydroxyl groups is 1. The second kappa shape index (κ2) is 8.84. The quantitative estimate of drug-likeness (QED) is 0.762. The molecule has 0 heterocycles. The molecule has 0 aliphatic carbocycles. The van der Waals surface area contributed by atoms with Gasteiger partial charge in [0.1, 0.15) is 0 Å². The molecule has 5 heteroatoms. The van der Waals surface area contributed by atoms with Crippen LogP contribution in [0.25, 0.3) is 0 Å². The van der Waals surface area contributed by atoms with E-state index in [0.29, 0.717) is 18.4 Å². The van der Waals surface area contributed by atoms with Crippen molar-refractivity contribution in [2.75, 3.05) is 7.11 Å². The Hall–Kier alpha value is -2.66. The van der Waals surface area contributed by atoms with Gasteiger partial charge in [-0.05, 0) is 30.5 Å². The number of carbonyl (C=O) groups excluding carboxylic acids is 2. The zero-order chi connectivity index (χ0) is 17.4. The average molecular weight is 327 g/mol. The largest absolute Gasteiger partial charge is 0.467 e. The molecule has 0 radical (unpaired) electrons.